The second-order valence-electron chi connectivity index (χ2n) is 4.05. The predicted octanol–water partition coefficient (Wildman–Crippen LogP) is 5.05. The molecule has 23 heavy (non-hydrogen) atoms. The molecular weight excluding hydrogens is 311 g/mol. The van der Waals surface area contributed by atoms with E-state index in [-0.39, 0.29) is 24.5 Å². The van der Waals surface area contributed by atoms with E-state index in [0.717, 1.165) is 16.7 Å². The molecule has 0 unspecified atom stereocenters. The van der Waals surface area contributed by atoms with Crippen molar-refractivity contribution in [3.8, 4) is 28.7 Å². The second-order valence-corrected chi connectivity index (χ2v) is 4.36. The number of halogens is 1. The third-order valence-corrected chi connectivity index (χ3v) is 2.56. The van der Waals surface area contributed by atoms with Crippen molar-refractivity contribution in [3.63, 3.8) is 0 Å². The molecule has 2 rings (SSSR count). The summed E-state index contributed by atoms with van der Waals surface area (Å²) in [7, 11) is 0. The monoisotopic (exact) mass is 334 g/mol. The molecule has 2 nitrogen and oxygen atoms in total. The smallest absolute Gasteiger partial charge is 0.115 e. The number of aromatic hydroxyl groups is 1. The summed E-state index contributed by atoms with van der Waals surface area (Å²) in [6.45, 7) is 4.10. The van der Waals surface area contributed by atoms with Crippen LogP contribution in [0.4, 0.5) is 3.89 Å². The van der Waals surface area contributed by atoms with Gasteiger partial charge in [-0.15, -0.1) is 0 Å². The number of phenolic OH excluding ortho intramolecular Hbond substituents is 1. The first kappa shape index (κ1) is 21.0. The lowest BCUT2D eigenvalue weighted by Crippen LogP contribution is -1.80. The summed E-state index contributed by atoms with van der Waals surface area (Å²) in [6, 6.07) is 15.0. The lowest BCUT2D eigenvalue weighted by Gasteiger charge is -2.01. The highest BCUT2D eigenvalue weighted by Gasteiger charge is 1.97. The zero-order valence-corrected chi connectivity index (χ0v) is 14.5. The first-order chi connectivity index (χ1) is 11.2. The Morgan fingerprint density at radius 1 is 0.957 bits per heavy atom. The number of rotatable bonds is 2. The molecule has 124 valence electrons. The van der Waals surface area contributed by atoms with Gasteiger partial charge in [0.1, 0.15) is 5.75 Å². The van der Waals surface area contributed by atoms with Gasteiger partial charge in [0, 0.05) is 30.4 Å². The van der Waals surface area contributed by atoms with Gasteiger partial charge in [0.15, 0.2) is 0 Å². The van der Waals surface area contributed by atoms with Crippen LogP contribution in [0.3, 0.4) is 0 Å². The first-order valence-electron chi connectivity index (χ1n) is 7.35. The van der Waals surface area contributed by atoms with E-state index < -0.39 is 0 Å². The van der Waals surface area contributed by atoms with Crippen LogP contribution in [0.2, 0.25) is 0 Å². The molecule has 0 radical (unpaired) electrons. The minimum Gasteiger partial charge on any atom is -0.508 e. The Morgan fingerprint density at radius 2 is 1.39 bits per heavy atom. The first-order valence-corrected chi connectivity index (χ1v) is 8.47. The van der Waals surface area contributed by atoms with Crippen molar-refractivity contribution >= 4 is 12.1 Å². The molecule has 2 aromatic rings. The molecule has 0 saturated carbocycles. The molecule has 0 heterocycles. The van der Waals surface area contributed by atoms with Crippen LogP contribution >= 0.6 is 12.1 Å². The summed E-state index contributed by atoms with van der Waals surface area (Å²) in [5, 5.41) is 17.9. The molecule has 0 aliphatic rings. The van der Waals surface area contributed by atoms with Gasteiger partial charge >= 0.3 is 0 Å². The minimum atomic E-state index is 0.0958. The van der Waals surface area contributed by atoms with Gasteiger partial charge < -0.3 is 10.2 Å². The largest absolute Gasteiger partial charge is 0.508 e. The summed E-state index contributed by atoms with van der Waals surface area (Å²) in [6.07, 6.45) is 1.87. The number of aliphatic hydroxyl groups is 1. The Hall–Kier alpha value is -1.96. The molecule has 4 heteroatoms. The van der Waals surface area contributed by atoms with Gasteiger partial charge in [-0.3, -0.25) is 0 Å². The van der Waals surface area contributed by atoms with Crippen molar-refractivity contribution in [2.24, 2.45) is 0 Å². The van der Waals surface area contributed by atoms with E-state index in [0.29, 0.717) is 6.42 Å². The van der Waals surface area contributed by atoms with Crippen LogP contribution < -0.4 is 0 Å². The van der Waals surface area contributed by atoms with Crippen LogP contribution in [0.15, 0.2) is 48.5 Å². The zero-order valence-electron chi connectivity index (χ0n) is 13.7. The van der Waals surface area contributed by atoms with Crippen LogP contribution in [0, 0.1) is 11.8 Å². The molecule has 0 aromatic heterocycles. The van der Waals surface area contributed by atoms with Gasteiger partial charge in [-0.2, -0.15) is 3.89 Å². The average molecular weight is 334 g/mol. The second kappa shape index (κ2) is 13.7. The van der Waals surface area contributed by atoms with Crippen molar-refractivity contribution in [3.05, 3.63) is 54.1 Å². The number of benzene rings is 2. The van der Waals surface area contributed by atoms with Crippen LogP contribution in [0.5, 0.6) is 5.75 Å². The van der Waals surface area contributed by atoms with Crippen molar-refractivity contribution in [2.75, 3.05) is 12.9 Å². The number of phenols is 1. The molecule has 0 spiro atoms. The van der Waals surface area contributed by atoms with Crippen LogP contribution in [0.1, 0.15) is 25.8 Å². The third-order valence-electron chi connectivity index (χ3n) is 2.56. The molecule has 0 fully saturated rings. The van der Waals surface area contributed by atoms with Gasteiger partial charge in [0.25, 0.3) is 0 Å². The van der Waals surface area contributed by atoms with E-state index in [1.807, 2.05) is 50.2 Å². The van der Waals surface area contributed by atoms with E-state index in [9.17, 15) is 8.99 Å². The maximum absolute atomic E-state index is 10.2. The Bertz CT molecular complexity index is 584. The molecule has 2 aromatic carbocycles. The number of hydrogen-bond donors (Lipinski definition) is 2. The summed E-state index contributed by atoms with van der Waals surface area (Å²) in [5.41, 5.74) is 3.08. The fraction of sp³-hybridized carbons (Fsp3) is 0.263. The van der Waals surface area contributed by atoms with E-state index >= 15 is 0 Å². The Balaban J connectivity index is 0.000000868. The van der Waals surface area contributed by atoms with E-state index in [1.165, 1.54) is 6.26 Å². The maximum atomic E-state index is 10.2. The van der Waals surface area contributed by atoms with Gasteiger partial charge in [-0.25, -0.2) is 0 Å². The van der Waals surface area contributed by atoms with Gasteiger partial charge in [0.2, 0.25) is 0 Å². The van der Waals surface area contributed by atoms with Crippen molar-refractivity contribution < 1.29 is 14.1 Å². The third kappa shape index (κ3) is 8.92. The summed E-state index contributed by atoms with van der Waals surface area (Å²) in [4.78, 5) is 0. The normalized spacial score (nSPS) is 8.57. The summed E-state index contributed by atoms with van der Waals surface area (Å²) >= 11 is 0.250. The van der Waals surface area contributed by atoms with Gasteiger partial charge in [0.05, 0.1) is 6.61 Å². The number of aliphatic hydroxyl groups excluding tert-OH is 1. The average Bonchev–Trinajstić information content (AvgIpc) is 2.59. The Labute approximate surface area is 142 Å². The molecule has 0 atom stereocenters. The van der Waals surface area contributed by atoms with Crippen LogP contribution in [-0.4, -0.2) is 23.1 Å². The molecule has 0 aliphatic carbocycles. The minimum absolute atomic E-state index is 0.0958. The standard InChI is InChI=1S/C16H14O2.C2H6.CH3FS/c17-12-2-1-3-13-4-6-14(7-5-13)15-8-10-16(18)11-9-15;1-2;1-3-2/h4-11,17-18H,2,12H2;1-2H3;1H3. The maximum Gasteiger partial charge on any atom is 0.115 e. The lowest BCUT2D eigenvalue weighted by atomic mass is 10.0. The zero-order chi connectivity index (χ0) is 17.5. The Kier molecular flexibility index (Phi) is 12.5. The summed E-state index contributed by atoms with van der Waals surface area (Å²) in [5.74, 6) is 6.14. The quantitative estimate of drug-likeness (QED) is 0.755. The predicted molar refractivity (Wildman–Crippen MR) is 98.1 cm³/mol. The molecular formula is C19H23FO2S. The highest BCUT2D eigenvalue weighted by molar-refractivity contribution is 7.93. The van der Waals surface area contributed by atoms with E-state index in [4.69, 9.17) is 5.11 Å². The van der Waals surface area contributed by atoms with Crippen molar-refractivity contribution in [2.45, 2.75) is 20.3 Å². The van der Waals surface area contributed by atoms with Crippen molar-refractivity contribution in [1.82, 2.24) is 0 Å². The molecule has 0 bridgehead atoms. The highest BCUT2D eigenvalue weighted by atomic mass is 32.2. The molecule has 0 amide bonds. The molecule has 2 N–H and O–H groups in total. The SMILES string of the molecule is CC.CSF.OCCC#Cc1ccc(-c2ccc(O)cc2)cc1. The fourth-order valence-corrected chi connectivity index (χ4v) is 1.62. The fourth-order valence-electron chi connectivity index (χ4n) is 1.62. The molecule has 0 aliphatic heterocycles. The van der Waals surface area contributed by atoms with Crippen molar-refractivity contribution in [1.29, 1.82) is 0 Å². The van der Waals surface area contributed by atoms with Gasteiger partial charge in [-0.05, 0) is 35.4 Å². The van der Waals surface area contributed by atoms with E-state index in [2.05, 4.69) is 11.8 Å². The molecule has 0 saturated heterocycles. The summed E-state index contributed by atoms with van der Waals surface area (Å²) < 4.78 is 10.2. The highest BCUT2D eigenvalue weighted by Crippen LogP contribution is 2.21. The van der Waals surface area contributed by atoms with E-state index in [1.54, 1.807) is 12.1 Å². The van der Waals surface area contributed by atoms with Gasteiger partial charge in [-0.1, -0.05) is 50.0 Å². The Morgan fingerprint density at radius 3 is 1.83 bits per heavy atom. The number of hydrogen-bond acceptors (Lipinski definition) is 3. The van der Waals surface area contributed by atoms with Crippen LogP contribution in [0.25, 0.3) is 11.1 Å². The topological polar surface area (TPSA) is 40.5 Å². The lowest BCUT2D eigenvalue weighted by molar-refractivity contribution is 0.305. The van der Waals surface area contributed by atoms with Crippen LogP contribution in [-0.2, 0) is 0 Å².